The monoisotopic (exact) mass is 412 g/mol. The summed E-state index contributed by atoms with van der Waals surface area (Å²) in [6.07, 6.45) is 0.742. The van der Waals surface area contributed by atoms with Crippen molar-refractivity contribution in [1.29, 1.82) is 0 Å². The molecule has 0 saturated heterocycles. The van der Waals surface area contributed by atoms with Crippen LogP contribution in [0.3, 0.4) is 0 Å². The van der Waals surface area contributed by atoms with Crippen LogP contribution in [0.15, 0.2) is 78.9 Å². The van der Waals surface area contributed by atoms with E-state index in [9.17, 15) is 0 Å². The van der Waals surface area contributed by atoms with E-state index in [1.165, 1.54) is 5.57 Å². The van der Waals surface area contributed by atoms with Crippen LogP contribution in [0.5, 0.6) is 5.75 Å². The van der Waals surface area contributed by atoms with Crippen LogP contribution in [-0.4, -0.2) is 24.2 Å². The molecule has 3 rings (SSSR count). The van der Waals surface area contributed by atoms with Gasteiger partial charge in [-0.15, -0.1) is 11.6 Å². The molecule has 0 amide bonds. The zero-order chi connectivity index (χ0) is 19.8. The predicted octanol–water partition coefficient (Wildman–Crippen LogP) is 6.30. The summed E-state index contributed by atoms with van der Waals surface area (Å²) in [6, 6.07) is 26.1. The van der Waals surface area contributed by atoms with Crippen molar-refractivity contribution in [3.63, 3.8) is 0 Å². The molecule has 144 valence electrons. The Morgan fingerprint density at radius 2 is 1.39 bits per heavy atom. The molecule has 0 spiro atoms. The van der Waals surface area contributed by atoms with Crippen molar-refractivity contribution in [2.45, 2.75) is 6.42 Å². The van der Waals surface area contributed by atoms with E-state index >= 15 is 0 Å². The summed E-state index contributed by atoms with van der Waals surface area (Å²) in [7, 11) is 0. The summed E-state index contributed by atoms with van der Waals surface area (Å²) in [5, 5.41) is 9.65. The Hall–Kier alpha value is -2.26. The number of allylic oxidation sites excluding steroid dienone is 1. The maximum absolute atomic E-state index is 8.94. The van der Waals surface area contributed by atoms with Gasteiger partial charge in [-0.25, -0.2) is 0 Å². The lowest BCUT2D eigenvalue weighted by Crippen LogP contribution is -2.01. The highest BCUT2D eigenvalue weighted by Crippen LogP contribution is 2.35. The highest BCUT2D eigenvalue weighted by Gasteiger charge is 2.14. The quantitative estimate of drug-likeness (QED) is 0.347. The summed E-state index contributed by atoms with van der Waals surface area (Å²) >= 11 is 12.3. The van der Waals surface area contributed by atoms with Crippen LogP contribution < -0.4 is 4.74 Å². The van der Waals surface area contributed by atoms with Gasteiger partial charge in [-0.1, -0.05) is 66.2 Å². The largest absolute Gasteiger partial charge is 0.491 e. The van der Waals surface area contributed by atoms with Crippen LogP contribution in [0.4, 0.5) is 0 Å². The second kappa shape index (κ2) is 10.3. The number of alkyl halides is 1. The molecule has 3 aromatic rings. The van der Waals surface area contributed by atoms with Crippen molar-refractivity contribution in [2.75, 3.05) is 19.1 Å². The van der Waals surface area contributed by atoms with Gasteiger partial charge < -0.3 is 9.84 Å². The molecule has 0 aliphatic rings. The van der Waals surface area contributed by atoms with Gasteiger partial charge >= 0.3 is 0 Å². The van der Waals surface area contributed by atoms with E-state index in [0.717, 1.165) is 34.4 Å². The Morgan fingerprint density at radius 3 is 1.96 bits per heavy atom. The number of ether oxygens (including phenoxy) is 1. The van der Waals surface area contributed by atoms with E-state index in [1.807, 2.05) is 66.7 Å². The Kier molecular flexibility index (Phi) is 7.55. The van der Waals surface area contributed by atoms with Gasteiger partial charge in [0.05, 0.1) is 6.61 Å². The minimum Gasteiger partial charge on any atom is -0.491 e. The van der Waals surface area contributed by atoms with Crippen LogP contribution in [0.2, 0.25) is 5.02 Å². The van der Waals surface area contributed by atoms with Crippen molar-refractivity contribution < 1.29 is 9.84 Å². The molecule has 0 bridgehead atoms. The average molecular weight is 413 g/mol. The first-order chi connectivity index (χ1) is 13.7. The fourth-order valence-electron chi connectivity index (χ4n) is 3.16. The SMILES string of the molecule is OCCOc1ccc(/C(=C(/CCCl)c2ccccc2)c2ccc(Cl)cc2)cc1. The van der Waals surface area contributed by atoms with Crippen LogP contribution in [0.25, 0.3) is 11.1 Å². The maximum atomic E-state index is 8.94. The first kappa shape index (κ1) is 20.5. The first-order valence-corrected chi connectivity index (χ1v) is 10.1. The van der Waals surface area contributed by atoms with E-state index in [0.29, 0.717) is 10.9 Å². The van der Waals surface area contributed by atoms with Crippen LogP contribution >= 0.6 is 23.2 Å². The topological polar surface area (TPSA) is 29.5 Å². The summed E-state index contributed by atoms with van der Waals surface area (Å²) in [5.41, 5.74) is 5.60. The second-order valence-corrected chi connectivity index (χ2v) is 7.08. The third-order valence-corrected chi connectivity index (χ3v) is 4.85. The lowest BCUT2D eigenvalue weighted by molar-refractivity contribution is 0.201. The molecule has 2 nitrogen and oxygen atoms in total. The van der Waals surface area contributed by atoms with Crippen molar-refractivity contribution >= 4 is 34.3 Å². The molecule has 0 saturated carbocycles. The van der Waals surface area contributed by atoms with Crippen molar-refractivity contribution in [3.05, 3.63) is 101 Å². The van der Waals surface area contributed by atoms with Gasteiger partial charge in [-0.05, 0) is 58.5 Å². The number of halogens is 2. The molecule has 0 atom stereocenters. The summed E-state index contributed by atoms with van der Waals surface area (Å²) in [6.45, 7) is 0.270. The fourth-order valence-corrected chi connectivity index (χ4v) is 3.48. The predicted molar refractivity (Wildman–Crippen MR) is 118 cm³/mol. The molecule has 0 fully saturated rings. The molecule has 1 N–H and O–H groups in total. The molecule has 0 aliphatic heterocycles. The van der Waals surface area contributed by atoms with Crippen molar-refractivity contribution in [1.82, 2.24) is 0 Å². The van der Waals surface area contributed by atoms with Crippen LogP contribution in [0.1, 0.15) is 23.1 Å². The lowest BCUT2D eigenvalue weighted by Gasteiger charge is -2.17. The number of hydrogen-bond acceptors (Lipinski definition) is 2. The molecule has 28 heavy (non-hydrogen) atoms. The van der Waals surface area contributed by atoms with Gasteiger partial charge in [0.1, 0.15) is 12.4 Å². The van der Waals surface area contributed by atoms with Crippen molar-refractivity contribution in [2.24, 2.45) is 0 Å². The zero-order valence-electron chi connectivity index (χ0n) is 15.4. The van der Waals surface area contributed by atoms with E-state index in [4.69, 9.17) is 33.0 Å². The molecule has 3 aromatic carbocycles. The highest BCUT2D eigenvalue weighted by atomic mass is 35.5. The van der Waals surface area contributed by atoms with Gasteiger partial charge in [0.15, 0.2) is 0 Å². The van der Waals surface area contributed by atoms with E-state index in [1.54, 1.807) is 0 Å². The molecule has 0 heterocycles. The van der Waals surface area contributed by atoms with E-state index in [-0.39, 0.29) is 13.2 Å². The smallest absolute Gasteiger partial charge is 0.119 e. The van der Waals surface area contributed by atoms with Crippen molar-refractivity contribution in [3.8, 4) is 5.75 Å². The Bertz CT molecular complexity index is 902. The molecular weight excluding hydrogens is 391 g/mol. The zero-order valence-corrected chi connectivity index (χ0v) is 17.0. The minimum absolute atomic E-state index is 0.00838. The van der Waals surface area contributed by atoms with Crippen LogP contribution in [-0.2, 0) is 0 Å². The van der Waals surface area contributed by atoms with Gasteiger partial charge in [-0.2, -0.15) is 0 Å². The third-order valence-electron chi connectivity index (χ3n) is 4.40. The Balaban J connectivity index is 2.15. The maximum Gasteiger partial charge on any atom is 0.119 e. The van der Waals surface area contributed by atoms with Crippen LogP contribution in [0, 0.1) is 0 Å². The van der Waals surface area contributed by atoms with E-state index in [2.05, 4.69) is 12.1 Å². The number of rotatable bonds is 8. The number of hydrogen-bond donors (Lipinski definition) is 1. The van der Waals surface area contributed by atoms with Gasteiger partial charge in [0.2, 0.25) is 0 Å². The average Bonchev–Trinajstić information content (AvgIpc) is 2.74. The molecule has 0 unspecified atom stereocenters. The molecule has 4 heteroatoms. The number of benzene rings is 3. The summed E-state index contributed by atoms with van der Waals surface area (Å²) in [5.74, 6) is 1.26. The highest BCUT2D eigenvalue weighted by molar-refractivity contribution is 6.30. The summed E-state index contributed by atoms with van der Waals surface area (Å²) < 4.78 is 5.50. The van der Waals surface area contributed by atoms with Gasteiger partial charge in [-0.3, -0.25) is 0 Å². The van der Waals surface area contributed by atoms with Gasteiger partial charge in [0.25, 0.3) is 0 Å². The third kappa shape index (κ3) is 5.17. The lowest BCUT2D eigenvalue weighted by atomic mass is 9.88. The normalized spacial score (nSPS) is 11.8. The number of aliphatic hydroxyl groups excluding tert-OH is 1. The standard InChI is InChI=1S/C24H22Cl2O2/c25-15-14-23(18-4-2-1-3-5-18)24(19-6-10-21(26)11-7-19)20-8-12-22(13-9-20)28-17-16-27/h1-13,27H,14-17H2/b24-23-. The molecular formula is C24H22Cl2O2. The Labute approximate surface area is 176 Å². The summed E-state index contributed by atoms with van der Waals surface area (Å²) in [4.78, 5) is 0. The molecule has 0 radical (unpaired) electrons. The molecule has 0 aliphatic carbocycles. The van der Waals surface area contributed by atoms with E-state index < -0.39 is 0 Å². The number of aliphatic hydroxyl groups is 1. The molecule has 0 aromatic heterocycles. The Morgan fingerprint density at radius 1 is 0.786 bits per heavy atom. The second-order valence-electron chi connectivity index (χ2n) is 6.26. The fraction of sp³-hybridized carbons (Fsp3) is 0.167. The first-order valence-electron chi connectivity index (χ1n) is 9.17. The van der Waals surface area contributed by atoms with Gasteiger partial charge in [0, 0.05) is 10.9 Å². The minimum atomic E-state index is -0.00838.